The van der Waals surface area contributed by atoms with Crippen molar-refractivity contribution in [1.82, 2.24) is 0 Å². The van der Waals surface area contributed by atoms with Gasteiger partial charge in [0, 0.05) is 27.8 Å². The van der Waals surface area contributed by atoms with Crippen LogP contribution in [0, 0.1) is 17.0 Å². The number of aryl methyl sites for hydroxylation is 1. The molecule has 0 amide bonds. The van der Waals surface area contributed by atoms with E-state index in [-0.39, 0.29) is 5.69 Å². The molecule has 96 valence electrons. The Kier molecular flexibility index (Phi) is 4.69. The minimum absolute atomic E-state index is 0.0135. The summed E-state index contributed by atoms with van der Waals surface area (Å²) in [5.41, 5.74) is 0.731. The van der Waals surface area contributed by atoms with E-state index < -0.39 is 14.8 Å². The fourth-order valence-electron chi connectivity index (χ4n) is 1.11. The topological polar surface area (TPSA) is 77.3 Å². The lowest BCUT2D eigenvalue weighted by Gasteiger charge is -2.01. The SMILES string of the molecule is C=CS(=O)(=O)/C=C/Sc1ccc([N+](=O)[O-])cc1C. The van der Waals surface area contributed by atoms with Gasteiger partial charge in [-0.15, -0.1) is 0 Å². The van der Waals surface area contributed by atoms with E-state index in [1.54, 1.807) is 13.0 Å². The quantitative estimate of drug-likeness (QED) is 0.472. The van der Waals surface area contributed by atoms with Crippen molar-refractivity contribution >= 4 is 27.3 Å². The maximum absolute atomic E-state index is 11.1. The number of nitrogens with zero attached hydrogens (tertiary/aromatic N) is 1. The van der Waals surface area contributed by atoms with Gasteiger partial charge in [-0.2, -0.15) is 0 Å². The second-order valence-electron chi connectivity index (χ2n) is 3.35. The summed E-state index contributed by atoms with van der Waals surface area (Å²) in [5.74, 6) is 0. The van der Waals surface area contributed by atoms with E-state index in [0.29, 0.717) is 0 Å². The molecule has 1 aromatic rings. The van der Waals surface area contributed by atoms with Gasteiger partial charge in [0.05, 0.1) is 4.92 Å². The number of non-ortho nitro benzene ring substituents is 1. The number of rotatable bonds is 5. The number of benzene rings is 1. The average molecular weight is 285 g/mol. The zero-order chi connectivity index (χ0) is 13.8. The molecule has 0 unspecified atom stereocenters. The molecule has 0 saturated heterocycles. The lowest BCUT2D eigenvalue weighted by molar-refractivity contribution is -0.385. The summed E-state index contributed by atoms with van der Waals surface area (Å²) in [4.78, 5) is 10.8. The molecule has 0 bridgehead atoms. The highest BCUT2D eigenvalue weighted by atomic mass is 32.2. The van der Waals surface area contributed by atoms with E-state index in [9.17, 15) is 18.5 Å². The molecule has 0 aliphatic carbocycles. The Morgan fingerprint density at radius 2 is 2.11 bits per heavy atom. The van der Waals surface area contributed by atoms with Crippen LogP contribution in [0.4, 0.5) is 5.69 Å². The zero-order valence-electron chi connectivity index (χ0n) is 9.57. The van der Waals surface area contributed by atoms with Gasteiger partial charge in [-0.1, -0.05) is 18.3 Å². The summed E-state index contributed by atoms with van der Waals surface area (Å²) in [6.07, 6.45) is 0. The van der Waals surface area contributed by atoms with Crippen LogP contribution in [0.2, 0.25) is 0 Å². The van der Waals surface area contributed by atoms with E-state index in [0.717, 1.165) is 21.3 Å². The summed E-state index contributed by atoms with van der Waals surface area (Å²) < 4.78 is 22.2. The molecule has 0 saturated carbocycles. The fraction of sp³-hybridized carbons (Fsp3) is 0.0909. The van der Waals surface area contributed by atoms with Gasteiger partial charge < -0.3 is 0 Å². The molecule has 0 N–H and O–H groups in total. The van der Waals surface area contributed by atoms with E-state index in [1.165, 1.54) is 29.3 Å². The van der Waals surface area contributed by atoms with Gasteiger partial charge in [0.25, 0.3) is 5.69 Å². The van der Waals surface area contributed by atoms with Crippen molar-refractivity contribution in [2.75, 3.05) is 0 Å². The third-order valence-electron chi connectivity index (χ3n) is 2.04. The smallest absolute Gasteiger partial charge is 0.258 e. The van der Waals surface area contributed by atoms with Crippen molar-refractivity contribution in [3.05, 3.63) is 56.7 Å². The maximum atomic E-state index is 11.1. The summed E-state index contributed by atoms with van der Waals surface area (Å²) >= 11 is 1.18. The van der Waals surface area contributed by atoms with E-state index in [4.69, 9.17) is 0 Å². The molecule has 0 fully saturated rings. The number of nitro groups is 1. The predicted octanol–water partition coefficient (Wildman–Crippen LogP) is 3.02. The van der Waals surface area contributed by atoms with Crippen molar-refractivity contribution in [1.29, 1.82) is 0 Å². The van der Waals surface area contributed by atoms with Gasteiger partial charge in [-0.3, -0.25) is 10.1 Å². The molecule has 0 radical (unpaired) electrons. The summed E-state index contributed by atoms with van der Waals surface area (Å²) in [5, 5.41) is 13.8. The van der Waals surface area contributed by atoms with Gasteiger partial charge in [0.2, 0.25) is 0 Å². The first kappa shape index (κ1) is 14.5. The monoisotopic (exact) mass is 285 g/mol. The minimum atomic E-state index is -3.37. The number of nitro benzene ring substituents is 1. The number of hydrogen-bond donors (Lipinski definition) is 0. The molecule has 1 aromatic carbocycles. The van der Waals surface area contributed by atoms with Crippen LogP contribution in [0.25, 0.3) is 0 Å². The summed E-state index contributed by atoms with van der Waals surface area (Å²) in [7, 11) is -3.37. The summed E-state index contributed by atoms with van der Waals surface area (Å²) in [6.45, 7) is 4.91. The third-order valence-corrected chi connectivity index (χ3v) is 4.18. The molecule has 5 nitrogen and oxygen atoms in total. The van der Waals surface area contributed by atoms with Crippen LogP contribution < -0.4 is 0 Å². The molecule has 0 heterocycles. The zero-order valence-corrected chi connectivity index (χ0v) is 11.2. The standard InChI is InChI=1S/C11H11NO4S2/c1-3-18(15,16)7-6-17-11-5-4-10(12(13)14)8-9(11)2/h3-8H,1H2,2H3/b7-6+. The van der Waals surface area contributed by atoms with Crippen molar-refractivity contribution in [2.45, 2.75) is 11.8 Å². The van der Waals surface area contributed by atoms with Crippen molar-refractivity contribution < 1.29 is 13.3 Å². The molecular weight excluding hydrogens is 274 g/mol. The van der Waals surface area contributed by atoms with Gasteiger partial charge in [-0.05, 0) is 24.0 Å². The Morgan fingerprint density at radius 3 is 2.61 bits per heavy atom. The molecule has 7 heteroatoms. The predicted molar refractivity (Wildman–Crippen MR) is 71.9 cm³/mol. The van der Waals surface area contributed by atoms with Crippen LogP contribution in [0.3, 0.4) is 0 Å². The lowest BCUT2D eigenvalue weighted by Crippen LogP contribution is -1.89. The normalized spacial score (nSPS) is 11.6. The van der Waals surface area contributed by atoms with E-state index in [2.05, 4.69) is 6.58 Å². The van der Waals surface area contributed by atoms with Crippen LogP contribution >= 0.6 is 11.8 Å². The Hall–Kier alpha value is -1.60. The first-order valence-electron chi connectivity index (χ1n) is 4.81. The highest BCUT2D eigenvalue weighted by molar-refractivity contribution is 8.03. The highest BCUT2D eigenvalue weighted by Gasteiger charge is 2.07. The van der Waals surface area contributed by atoms with Gasteiger partial charge in [0.1, 0.15) is 0 Å². The van der Waals surface area contributed by atoms with Crippen LogP contribution in [0.15, 0.2) is 45.9 Å². The molecule has 1 rings (SSSR count). The number of hydrogen-bond acceptors (Lipinski definition) is 5. The highest BCUT2D eigenvalue weighted by Crippen LogP contribution is 2.27. The second-order valence-corrected chi connectivity index (χ2v) is 6.08. The van der Waals surface area contributed by atoms with Crippen LogP contribution in [-0.2, 0) is 9.84 Å². The van der Waals surface area contributed by atoms with Crippen LogP contribution in [-0.4, -0.2) is 13.3 Å². The van der Waals surface area contributed by atoms with Crippen molar-refractivity contribution in [3.63, 3.8) is 0 Å². The van der Waals surface area contributed by atoms with Crippen LogP contribution in [0.1, 0.15) is 5.56 Å². The van der Waals surface area contributed by atoms with E-state index >= 15 is 0 Å². The number of thioether (sulfide) groups is 1. The molecular formula is C11H11NO4S2. The lowest BCUT2D eigenvalue weighted by atomic mass is 10.2. The second kappa shape index (κ2) is 5.83. The van der Waals surface area contributed by atoms with Gasteiger partial charge in [0.15, 0.2) is 9.84 Å². The summed E-state index contributed by atoms with van der Waals surface area (Å²) in [6, 6.07) is 4.41. The Balaban J connectivity index is 2.87. The fourth-order valence-corrected chi connectivity index (χ4v) is 2.60. The van der Waals surface area contributed by atoms with Crippen molar-refractivity contribution in [3.8, 4) is 0 Å². The Bertz CT molecular complexity index is 605. The number of sulfone groups is 1. The molecule has 18 heavy (non-hydrogen) atoms. The largest absolute Gasteiger partial charge is 0.269 e. The molecule has 0 aromatic heterocycles. The van der Waals surface area contributed by atoms with Crippen LogP contribution in [0.5, 0.6) is 0 Å². The molecule has 0 aliphatic rings. The molecule has 0 aliphatic heterocycles. The Morgan fingerprint density at radius 1 is 1.44 bits per heavy atom. The molecule has 0 atom stereocenters. The Labute approximate surface area is 109 Å². The van der Waals surface area contributed by atoms with Crippen molar-refractivity contribution in [2.24, 2.45) is 0 Å². The average Bonchev–Trinajstić information content (AvgIpc) is 2.31. The maximum Gasteiger partial charge on any atom is 0.269 e. The van der Waals surface area contributed by atoms with E-state index in [1.807, 2.05) is 0 Å². The first-order chi connectivity index (χ1) is 8.35. The van der Waals surface area contributed by atoms with Gasteiger partial charge >= 0.3 is 0 Å². The first-order valence-corrected chi connectivity index (χ1v) is 7.30. The van der Waals surface area contributed by atoms with Gasteiger partial charge in [-0.25, -0.2) is 8.42 Å². The third kappa shape index (κ3) is 4.01. The minimum Gasteiger partial charge on any atom is -0.258 e. The molecule has 0 spiro atoms.